The van der Waals surface area contributed by atoms with Gasteiger partial charge in [0.2, 0.25) is 5.91 Å². The normalized spacial score (nSPS) is 10.0. The van der Waals surface area contributed by atoms with Gasteiger partial charge in [-0.15, -0.1) is 0 Å². The first kappa shape index (κ1) is 14.6. The lowest BCUT2D eigenvalue weighted by atomic mass is 10.1. The summed E-state index contributed by atoms with van der Waals surface area (Å²) < 4.78 is 0. The van der Waals surface area contributed by atoms with E-state index in [2.05, 4.69) is 10.6 Å². The number of rotatable bonds is 4. The summed E-state index contributed by atoms with van der Waals surface area (Å²) >= 11 is 0. The first-order valence-corrected chi connectivity index (χ1v) is 6.44. The highest BCUT2D eigenvalue weighted by Crippen LogP contribution is 2.24. The van der Waals surface area contributed by atoms with Crippen molar-refractivity contribution in [3.8, 4) is 0 Å². The molecule has 0 heterocycles. The van der Waals surface area contributed by atoms with Crippen LogP contribution in [-0.4, -0.2) is 17.0 Å². The van der Waals surface area contributed by atoms with Gasteiger partial charge in [0.15, 0.2) is 0 Å². The predicted molar refractivity (Wildman–Crippen MR) is 82.2 cm³/mol. The third-order valence-electron chi connectivity index (χ3n) is 2.87. The largest absolute Gasteiger partial charge is 0.478 e. The molecule has 0 saturated heterocycles. The minimum Gasteiger partial charge on any atom is -0.478 e. The number of amides is 1. The highest BCUT2D eigenvalue weighted by Gasteiger charge is 2.10. The molecule has 0 radical (unpaired) electrons. The summed E-state index contributed by atoms with van der Waals surface area (Å²) in [5.74, 6) is -1.15. The molecule has 0 aromatic heterocycles. The van der Waals surface area contributed by atoms with Crippen LogP contribution in [0.4, 0.5) is 17.1 Å². The highest BCUT2D eigenvalue weighted by molar-refractivity contribution is 5.95. The number of nitrogens with one attached hydrogen (secondary N) is 2. The van der Waals surface area contributed by atoms with Crippen molar-refractivity contribution in [3.05, 3.63) is 53.6 Å². The molecule has 5 nitrogen and oxygen atoms in total. The Labute approximate surface area is 122 Å². The van der Waals surface area contributed by atoms with Gasteiger partial charge < -0.3 is 15.7 Å². The molecule has 108 valence electrons. The number of carbonyl (C=O) groups excluding carboxylic acids is 1. The number of hydrogen-bond acceptors (Lipinski definition) is 3. The van der Waals surface area contributed by atoms with Crippen molar-refractivity contribution in [1.82, 2.24) is 0 Å². The topological polar surface area (TPSA) is 78.4 Å². The van der Waals surface area contributed by atoms with Crippen molar-refractivity contribution in [2.75, 3.05) is 10.6 Å². The summed E-state index contributed by atoms with van der Waals surface area (Å²) in [7, 11) is 0. The second-order valence-electron chi connectivity index (χ2n) is 4.74. The first-order valence-electron chi connectivity index (χ1n) is 6.44. The van der Waals surface area contributed by atoms with E-state index in [1.807, 2.05) is 6.92 Å². The Bertz CT molecular complexity index is 696. The molecule has 0 aliphatic carbocycles. The second-order valence-corrected chi connectivity index (χ2v) is 4.74. The van der Waals surface area contributed by atoms with Crippen LogP contribution in [0.3, 0.4) is 0 Å². The number of carbonyl (C=O) groups is 2. The van der Waals surface area contributed by atoms with E-state index in [0.717, 1.165) is 5.56 Å². The van der Waals surface area contributed by atoms with Crippen molar-refractivity contribution in [2.45, 2.75) is 13.8 Å². The smallest absolute Gasteiger partial charge is 0.337 e. The molecule has 0 spiro atoms. The molecule has 2 rings (SSSR count). The maximum Gasteiger partial charge on any atom is 0.337 e. The molecule has 2 aromatic carbocycles. The first-order chi connectivity index (χ1) is 9.95. The molecular weight excluding hydrogens is 268 g/mol. The van der Waals surface area contributed by atoms with Crippen molar-refractivity contribution >= 4 is 28.9 Å². The van der Waals surface area contributed by atoms with Gasteiger partial charge in [-0.05, 0) is 42.8 Å². The van der Waals surface area contributed by atoms with Gasteiger partial charge in [0.05, 0.1) is 11.3 Å². The minimum atomic E-state index is -0.990. The number of carboxylic acids is 1. The summed E-state index contributed by atoms with van der Waals surface area (Å²) in [6, 6.07) is 12.2. The Hall–Kier alpha value is -2.82. The van der Waals surface area contributed by atoms with Crippen LogP contribution in [0.1, 0.15) is 22.8 Å². The maximum atomic E-state index is 11.2. The SMILES string of the molecule is CC(=O)Nc1cccc(Nc2cc(C)ccc2C(=O)O)c1. The van der Waals surface area contributed by atoms with Gasteiger partial charge in [0.25, 0.3) is 0 Å². The third-order valence-corrected chi connectivity index (χ3v) is 2.87. The molecule has 3 N–H and O–H groups in total. The Morgan fingerprint density at radius 1 is 1.05 bits per heavy atom. The second kappa shape index (κ2) is 6.09. The van der Waals surface area contributed by atoms with E-state index >= 15 is 0 Å². The van der Waals surface area contributed by atoms with Crippen LogP contribution >= 0.6 is 0 Å². The molecular formula is C16H16N2O3. The fourth-order valence-corrected chi connectivity index (χ4v) is 1.98. The number of anilines is 3. The number of hydrogen-bond donors (Lipinski definition) is 3. The lowest BCUT2D eigenvalue weighted by Crippen LogP contribution is -2.06. The zero-order valence-corrected chi connectivity index (χ0v) is 11.8. The van der Waals surface area contributed by atoms with Crippen LogP contribution < -0.4 is 10.6 Å². The molecule has 0 atom stereocenters. The van der Waals surface area contributed by atoms with Gasteiger partial charge in [-0.1, -0.05) is 12.1 Å². The molecule has 21 heavy (non-hydrogen) atoms. The summed E-state index contributed by atoms with van der Waals surface area (Å²) in [4.78, 5) is 22.3. The molecule has 0 fully saturated rings. The van der Waals surface area contributed by atoms with Crippen LogP contribution in [0.5, 0.6) is 0 Å². The van der Waals surface area contributed by atoms with Crippen LogP contribution in [0.25, 0.3) is 0 Å². The fraction of sp³-hybridized carbons (Fsp3) is 0.125. The monoisotopic (exact) mass is 284 g/mol. The average Bonchev–Trinajstić information content (AvgIpc) is 2.38. The Kier molecular flexibility index (Phi) is 4.23. The van der Waals surface area contributed by atoms with Gasteiger partial charge in [-0.25, -0.2) is 4.79 Å². The zero-order valence-electron chi connectivity index (χ0n) is 11.8. The highest BCUT2D eigenvalue weighted by atomic mass is 16.4. The van der Waals surface area contributed by atoms with Crippen LogP contribution in [0, 0.1) is 6.92 Å². The minimum absolute atomic E-state index is 0.158. The molecule has 0 aliphatic rings. The van der Waals surface area contributed by atoms with Crippen molar-refractivity contribution in [3.63, 3.8) is 0 Å². The van der Waals surface area contributed by atoms with Crippen molar-refractivity contribution < 1.29 is 14.7 Å². The van der Waals surface area contributed by atoms with Crippen LogP contribution in [0.2, 0.25) is 0 Å². The molecule has 0 bridgehead atoms. The third kappa shape index (κ3) is 3.82. The average molecular weight is 284 g/mol. The molecule has 2 aromatic rings. The van der Waals surface area contributed by atoms with E-state index in [9.17, 15) is 14.7 Å². The summed E-state index contributed by atoms with van der Waals surface area (Å²) in [5, 5.41) is 15.0. The van der Waals surface area contributed by atoms with E-state index in [0.29, 0.717) is 17.1 Å². The van der Waals surface area contributed by atoms with Gasteiger partial charge in [0.1, 0.15) is 0 Å². The van der Waals surface area contributed by atoms with Crippen LogP contribution in [-0.2, 0) is 4.79 Å². The quantitative estimate of drug-likeness (QED) is 0.804. The molecule has 0 saturated carbocycles. The number of aromatic carboxylic acids is 1. The molecule has 5 heteroatoms. The Morgan fingerprint density at radius 2 is 1.76 bits per heavy atom. The summed E-state index contributed by atoms with van der Waals surface area (Å²) in [5.41, 5.74) is 3.03. The van der Waals surface area contributed by atoms with Crippen molar-refractivity contribution in [2.24, 2.45) is 0 Å². The van der Waals surface area contributed by atoms with Gasteiger partial charge in [-0.2, -0.15) is 0 Å². The number of aryl methyl sites for hydroxylation is 1. The Balaban J connectivity index is 2.31. The Morgan fingerprint density at radius 3 is 2.43 bits per heavy atom. The lowest BCUT2D eigenvalue weighted by Gasteiger charge is -2.12. The standard InChI is InChI=1S/C16H16N2O3/c1-10-6-7-14(16(20)21)15(8-10)18-13-5-3-4-12(9-13)17-11(2)19/h3-9,18H,1-2H3,(H,17,19)(H,20,21). The van der Waals surface area contributed by atoms with Gasteiger partial charge in [0, 0.05) is 18.3 Å². The van der Waals surface area contributed by atoms with E-state index in [-0.39, 0.29) is 11.5 Å². The molecule has 1 amide bonds. The zero-order chi connectivity index (χ0) is 15.4. The van der Waals surface area contributed by atoms with E-state index in [1.165, 1.54) is 6.92 Å². The van der Waals surface area contributed by atoms with E-state index in [1.54, 1.807) is 42.5 Å². The number of benzene rings is 2. The van der Waals surface area contributed by atoms with Gasteiger partial charge >= 0.3 is 5.97 Å². The van der Waals surface area contributed by atoms with Crippen molar-refractivity contribution in [1.29, 1.82) is 0 Å². The summed E-state index contributed by atoms with van der Waals surface area (Å²) in [6.45, 7) is 3.33. The van der Waals surface area contributed by atoms with E-state index in [4.69, 9.17) is 0 Å². The van der Waals surface area contributed by atoms with Crippen LogP contribution in [0.15, 0.2) is 42.5 Å². The van der Waals surface area contributed by atoms with Gasteiger partial charge in [-0.3, -0.25) is 4.79 Å². The lowest BCUT2D eigenvalue weighted by molar-refractivity contribution is -0.114. The number of carboxylic acid groups (broad SMARTS) is 1. The molecule has 0 unspecified atom stereocenters. The fourth-order valence-electron chi connectivity index (χ4n) is 1.98. The summed E-state index contributed by atoms with van der Waals surface area (Å²) in [6.07, 6.45) is 0. The molecule has 0 aliphatic heterocycles. The maximum absolute atomic E-state index is 11.2. The van der Waals surface area contributed by atoms with E-state index < -0.39 is 5.97 Å². The predicted octanol–water partition coefficient (Wildman–Crippen LogP) is 3.40.